The van der Waals surface area contributed by atoms with Gasteiger partial charge in [0, 0.05) is 16.6 Å². The van der Waals surface area contributed by atoms with E-state index in [4.69, 9.17) is 5.11 Å². The molecule has 2 N–H and O–H groups in total. The number of benzene rings is 1. The van der Waals surface area contributed by atoms with Crippen molar-refractivity contribution in [2.24, 2.45) is 5.41 Å². The standard InChI is InChI=1S/C14H19BrFNO3S/c1-2-3-14(4-5-14)9-17-21(19,20)12-7-11(15)6-10(8-18)13(12)16/h6-7,17-18H,2-5,8-9H2,1H3. The van der Waals surface area contributed by atoms with E-state index in [1.54, 1.807) is 0 Å². The Morgan fingerprint density at radius 3 is 2.62 bits per heavy atom. The molecule has 0 saturated heterocycles. The maximum absolute atomic E-state index is 14.1. The first kappa shape index (κ1) is 16.9. The van der Waals surface area contributed by atoms with Crippen LogP contribution in [0.1, 0.15) is 38.2 Å². The molecule has 4 nitrogen and oxygen atoms in total. The molecular formula is C14H19BrFNO3S. The van der Waals surface area contributed by atoms with Gasteiger partial charge in [-0.05, 0) is 36.8 Å². The molecule has 0 aliphatic heterocycles. The highest BCUT2D eigenvalue weighted by molar-refractivity contribution is 9.10. The van der Waals surface area contributed by atoms with Crippen molar-refractivity contribution in [1.82, 2.24) is 4.72 Å². The third-order valence-electron chi connectivity index (χ3n) is 3.91. The van der Waals surface area contributed by atoms with Crippen LogP contribution >= 0.6 is 15.9 Å². The number of aliphatic hydroxyl groups is 1. The first-order valence-electron chi connectivity index (χ1n) is 6.92. The second-order valence-corrected chi connectivity index (χ2v) is 8.26. The largest absolute Gasteiger partial charge is 0.392 e. The predicted octanol–water partition coefficient (Wildman–Crippen LogP) is 2.94. The van der Waals surface area contributed by atoms with Crippen LogP contribution in [-0.2, 0) is 16.6 Å². The number of nitrogens with one attached hydrogen (secondary N) is 1. The zero-order chi connectivity index (χ0) is 15.7. The molecule has 2 rings (SSSR count). The van der Waals surface area contributed by atoms with Gasteiger partial charge < -0.3 is 5.11 Å². The Hall–Kier alpha value is -0.500. The molecule has 0 spiro atoms. The molecule has 1 saturated carbocycles. The highest BCUT2D eigenvalue weighted by Gasteiger charge is 2.42. The molecule has 0 unspecified atom stereocenters. The second-order valence-electron chi connectivity index (χ2n) is 5.61. The van der Waals surface area contributed by atoms with Gasteiger partial charge in [0.1, 0.15) is 10.7 Å². The van der Waals surface area contributed by atoms with E-state index < -0.39 is 27.3 Å². The van der Waals surface area contributed by atoms with Crippen molar-refractivity contribution in [1.29, 1.82) is 0 Å². The topological polar surface area (TPSA) is 66.4 Å². The second kappa shape index (κ2) is 6.32. The molecule has 0 aromatic heterocycles. The van der Waals surface area contributed by atoms with Crippen molar-refractivity contribution in [3.8, 4) is 0 Å². The van der Waals surface area contributed by atoms with E-state index in [1.165, 1.54) is 12.1 Å². The highest BCUT2D eigenvalue weighted by atomic mass is 79.9. The third kappa shape index (κ3) is 3.83. The van der Waals surface area contributed by atoms with E-state index in [9.17, 15) is 12.8 Å². The molecule has 0 radical (unpaired) electrons. The molecule has 0 amide bonds. The van der Waals surface area contributed by atoms with E-state index in [0.29, 0.717) is 11.0 Å². The summed E-state index contributed by atoms with van der Waals surface area (Å²) in [6.45, 7) is 1.85. The van der Waals surface area contributed by atoms with Crippen LogP contribution in [-0.4, -0.2) is 20.1 Å². The highest BCUT2D eigenvalue weighted by Crippen LogP contribution is 2.49. The number of sulfonamides is 1. The normalized spacial score (nSPS) is 17.0. The monoisotopic (exact) mass is 379 g/mol. The molecule has 1 aromatic rings. The Kier molecular flexibility index (Phi) is 5.07. The van der Waals surface area contributed by atoms with Crippen LogP contribution in [0.15, 0.2) is 21.5 Å². The van der Waals surface area contributed by atoms with Crippen molar-refractivity contribution in [2.45, 2.75) is 44.1 Å². The van der Waals surface area contributed by atoms with E-state index in [0.717, 1.165) is 25.7 Å². The molecule has 7 heteroatoms. The number of halogens is 2. The summed E-state index contributed by atoms with van der Waals surface area (Å²) in [7, 11) is -3.92. The molecule has 0 heterocycles. The van der Waals surface area contributed by atoms with Gasteiger partial charge in [0.15, 0.2) is 0 Å². The summed E-state index contributed by atoms with van der Waals surface area (Å²) in [6.07, 6.45) is 3.98. The van der Waals surface area contributed by atoms with Crippen LogP contribution in [0.2, 0.25) is 0 Å². The fraction of sp³-hybridized carbons (Fsp3) is 0.571. The minimum absolute atomic E-state index is 0.0422. The molecule has 118 valence electrons. The first-order valence-corrected chi connectivity index (χ1v) is 9.20. The van der Waals surface area contributed by atoms with Gasteiger partial charge in [0.05, 0.1) is 6.61 Å². The lowest BCUT2D eigenvalue weighted by atomic mass is 10.0. The van der Waals surface area contributed by atoms with E-state index in [2.05, 4.69) is 27.6 Å². The number of rotatable bonds is 7. The van der Waals surface area contributed by atoms with Crippen LogP contribution in [0, 0.1) is 11.2 Å². The Morgan fingerprint density at radius 2 is 2.10 bits per heavy atom. The van der Waals surface area contributed by atoms with Crippen molar-refractivity contribution >= 4 is 26.0 Å². The third-order valence-corrected chi connectivity index (χ3v) is 5.77. The summed E-state index contributed by atoms with van der Waals surface area (Å²) in [6, 6.07) is 2.59. The van der Waals surface area contributed by atoms with Gasteiger partial charge >= 0.3 is 0 Å². The summed E-state index contributed by atoms with van der Waals surface area (Å²) in [4.78, 5) is -0.423. The summed E-state index contributed by atoms with van der Waals surface area (Å²) in [5.41, 5.74) is 0.00357. The maximum atomic E-state index is 14.1. The van der Waals surface area contributed by atoms with E-state index in [1.807, 2.05) is 0 Å². The molecular weight excluding hydrogens is 361 g/mol. The van der Waals surface area contributed by atoms with Gasteiger partial charge in [-0.25, -0.2) is 17.5 Å². The van der Waals surface area contributed by atoms with Crippen LogP contribution < -0.4 is 4.72 Å². The van der Waals surface area contributed by atoms with E-state index >= 15 is 0 Å². The average molecular weight is 380 g/mol. The molecule has 1 aliphatic rings. The predicted molar refractivity (Wildman–Crippen MR) is 81.8 cm³/mol. The average Bonchev–Trinajstić information content (AvgIpc) is 3.19. The Bertz CT molecular complexity index is 629. The Balaban J connectivity index is 2.22. The summed E-state index contributed by atoms with van der Waals surface area (Å²) >= 11 is 3.14. The number of aliphatic hydroxyl groups excluding tert-OH is 1. The lowest BCUT2D eigenvalue weighted by Crippen LogP contribution is -2.31. The molecule has 0 bridgehead atoms. The quantitative estimate of drug-likeness (QED) is 0.765. The minimum Gasteiger partial charge on any atom is -0.392 e. The van der Waals surface area contributed by atoms with Gasteiger partial charge in [-0.3, -0.25) is 0 Å². The smallest absolute Gasteiger partial charge is 0.243 e. The van der Waals surface area contributed by atoms with Crippen LogP contribution in [0.25, 0.3) is 0 Å². The fourth-order valence-corrected chi connectivity index (χ4v) is 4.43. The lowest BCUT2D eigenvalue weighted by molar-refractivity contribution is 0.274. The van der Waals surface area contributed by atoms with Gasteiger partial charge in [-0.1, -0.05) is 29.3 Å². The van der Waals surface area contributed by atoms with Gasteiger partial charge in [-0.2, -0.15) is 0 Å². The van der Waals surface area contributed by atoms with Crippen LogP contribution in [0.3, 0.4) is 0 Å². The van der Waals surface area contributed by atoms with Gasteiger partial charge in [-0.15, -0.1) is 0 Å². The van der Waals surface area contributed by atoms with Crippen molar-refractivity contribution in [2.75, 3.05) is 6.54 Å². The fourth-order valence-electron chi connectivity index (χ4n) is 2.48. The molecule has 1 aromatic carbocycles. The zero-order valence-corrected chi connectivity index (χ0v) is 14.2. The van der Waals surface area contributed by atoms with E-state index in [-0.39, 0.29) is 11.0 Å². The van der Waals surface area contributed by atoms with Crippen molar-refractivity contribution < 1.29 is 17.9 Å². The first-order chi connectivity index (χ1) is 9.83. The lowest BCUT2D eigenvalue weighted by Gasteiger charge is -2.16. The maximum Gasteiger partial charge on any atom is 0.243 e. The summed E-state index contributed by atoms with van der Waals surface area (Å²) in [5, 5.41) is 9.10. The molecule has 1 aliphatic carbocycles. The molecule has 1 fully saturated rings. The van der Waals surface area contributed by atoms with Crippen LogP contribution in [0.5, 0.6) is 0 Å². The van der Waals surface area contributed by atoms with Crippen molar-refractivity contribution in [3.05, 3.63) is 28.0 Å². The summed E-state index contributed by atoms with van der Waals surface area (Å²) in [5.74, 6) is -0.895. The van der Waals surface area contributed by atoms with Gasteiger partial charge in [0.25, 0.3) is 0 Å². The minimum atomic E-state index is -3.92. The number of hydrogen-bond acceptors (Lipinski definition) is 3. The van der Waals surface area contributed by atoms with Gasteiger partial charge in [0.2, 0.25) is 10.0 Å². The Labute approximate surface area is 132 Å². The SMILES string of the molecule is CCCC1(CNS(=O)(=O)c2cc(Br)cc(CO)c2F)CC1. The number of hydrogen-bond donors (Lipinski definition) is 2. The molecule has 0 atom stereocenters. The van der Waals surface area contributed by atoms with Crippen LogP contribution in [0.4, 0.5) is 4.39 Å². The zero-order valence-electron chi connectivity index (χ0n) is 11.8. The Morgan fingerprint density at radius 1 is 1.43 bits per heavy atom. The molecule has 21 heavy (non-hydrogen) atoms. The van der Waals surface area contributed by atoms with Crippen molar-refractivity contribution in [3.63, 3.8) is 0 Å². The summed E-state index contributed by atoms with van der Waals surface area (Å²) < 4.78 is 41.7.